The van der Waals surface area contributed by atoms with E-state index in [9.17, 15) is 13.9 Å². The molecule has 4 rings (SSSR count). The number of amides is 1. The van der Waals surface area contributed by atoms with Crippen LogP contribution in [0.3, 0.4) is 0 Å². The maximum absolute atomic E-state index is 12.0. The van der Waals surface area contributed by atoms with Crippen LogP contribution in [0, 0.1) is 11.3 Å². The smallest absolute Gasteiger partial charge is 0.250 e. The Bertz CT molecular complexity index is 1070. The molecule has 27 heavy (non-hydrogen) atoms. The van der Waals surface area contributed by atoms with Gasteiger partial charge in [-0.1, -0.05) is 0 Å². The Morgan fingerprint density at radius 2 is 2.04 bits per heavy atom. The van der Waals surface area contributed by atoms with Crippen LogP contribution in [0.2, 0.25) is 0 Å². The maximum Gasteiger partial charge on any atom is 0.250 e. The highest BCUT2D eigenvalue weighted by molar-refractivity contribution is 8.24. The summed E-state index contributed by atoms with van der Waals surface area (Å²) in [7, 11) is -2.45. The molecule has 1 saturated heterocycles. The number of carbonyl (C=O) groups is 1. The average Bonchev–Trinajstić information content (AvgIpc) is 3.27. The summed E-state index contributed by atoms with van der Waals surface area (Å²) in [5.41, 5.74) is 8.65. The average molecular weight is 402 g/mol. The zero-order chi connectivity index (χ0) is 19.2. The maximum atomic E-state index is 12.0. The molecular weight excluding hydrogens is 382 g/mol. The minimum atomic E-state index is -2.45. The number of hydrogen-bond acceptors (Lipinski definition) is 5. The van der Waals surface area contributed by atoms with Gasteiger partial charge in [0, 0.05) is 28.0 Å². The van der Waals surface area contributed by atoms with Crippen molar-refractivity contribution in [2.45, 2.75) is 18.8 Å². The van der Waals surface area contributed by atoms with Gasteiger partial charge in [-0.15, -0.1) is 11.3 Å². The lowest BCUT2D eigenvalue weighted by Crippen LogP contribution is -2.19. The molecule has 6 nitrogen and oxygen atoms in total. The molecule has 0 saturated carbocycles. The van der Waals surface area contributed by atoms with Crippen LogP contribution >= 0.6 is 21.9 Å². The first-order chi connectivity index (χ1) is 12.9. The number of aromatic amines is 1. The highest BCUT2D eigenvalue weighted by Crippen LogP contribution is 2.49. The monoisotopic (exact) mass is 401 g/mol. The molecule has 0 aliphatic carbocycles. The van der Waals surface area contributed by atoms with E-state index < -0.39 is 16.5 Å². The third-order valence-electron chi connectivity index (χ3n) is 5.11. The van der Waals surface area contributed by atoms with Crippen molar-refractivity contribution in [2.24, 2.45) is 5.73 Å². The van der Waals surface area contributed by atoms with Crippen LogP contribution < -0.4 is 5.73 Å². The first kappa shape index (κ1) is 18.1. The van der Waals surface area contributed by atoms with E-state index in [4.69, 9.17) is 11.0 Å². The Labute approximate surface area is 162 Å². The summed E-state index contributed by atoms with van der Waals surface area (Å²) in [5, 5.41) is 10.0. The molecule has 0 spiro atoms. The molecule has 140 valence electrons. The number of fused-ring (bicyclic) bond motifs is 1. The van der Waals surface area contributed by atoms with Crippen LogP contribution in [0.5, 0.6) is 0 Å². The molecule has 2 aromatic heterocycles. The number of nitrogens with one attached hydrogen (secondary N) is 1. The van der Waals surface area contributed by atoms with Crippen LogP contribution in [0.4, 0.5) is 0 Å². The van der Waals surface area contributed by atoms with Gasteiger partial charge in [-0.25, -0.2) is 0 Å². The standard InChI is InChI=1S/C19H19N3O3S2/c20-9-13-1-2-17(26-13)12-7-14-16(11-3-5-27(24,25)6-4-11)10-22-18(14)15(8-12)19(21)23/h1-2,7-8,10-11,22,24-25H,3-6H2,(H2,21,23). The van der Waals surface area contributed by atoms with E-state index >= 15 is 0 Å². The molecule has 1 aliphatic rings. The molecule has 3 aromatic rings. The van der Waals surface area contributed by atoms with E-state index in [1.54, 1.807) is 12.1 Å². The number of primary amides is 1. The number of aromatic nitrogens is 1. The number of rotatable bonds is 3. The Kier molecular flexibility index (Phi) is 4.48. The van der Waals surface area contributed by atoms with Gasteiger partial charge in [0.15, 0.2) is 0 Å². The minimum Gasteiger partial charge on any atom is -0.366 e. The molecular formula is C19H19N3O3S2. The number of nitrogens with two attached hydrogens (primary N) is 1. The molecule has 8 heteroatoms. The molecule has 0 unspecified atom stereocenters. The largest absolute Gasteiger partial charge is 0.366 e. The second-order valence-corrected chi connectivity index (χ2v) is 10.3. The van der Waals surface area contributed by atoms with Gasteiger partial charge in [-0.2, -0.15) is 15.9 Å². The normalized spacial score (nSPS) is 18.3. The topological polar surface area (TPSA) is 123 Å². The fraction of sp³-hybridized carbons (Fsp3) is 0.263. The van der Waals surface area contributed by atoms with Crippen molar-refractivity contribution in [2.75, 3.05) is 11.5 Å². The lowest BCUT2D eigenvalue weighted by Gasteiger charge is -2.39. The van der Waals surface area contributed by atoms with Gasteiger partial charge >= 0.3 is 0 Å². The zero-order valence-electron chi connectivity index (χ0n) is 14.4. The Hall–Kier alpha value is -2.31. The van der Waals surface area contributed by atoms with Crippen molar-refractivity contribution in [1.82, 2.24) is 4.98 Å². The molecule has 0 atom stereocenters. The van der Waals surface area contributed by atoms with Crippen LogP contribution in [-0.2, 0) is 0 Å². The molecule has 0 bridgehead atoms. The van der Waals surface area contributed by atoms with E-state index in [0.717, 1.165) is 21.4 Å². The first-order valence-electron chi connectivity index (χ1n) is 8.57. The lowest BCUT2D eigenvalue weighted by atomic mass is 9.91. The molecule has 3 heterocycles. The highest BCUT2D eigenvalue weighted by Gasteiger charge is 2.27. The fourth-order valence-corrected chi connectivity index (χ4v) is 6.02. The Morgan fingerprint density at radius 1 is 1.30 bits per heavy atom. The Balaban J connectivity index is 1.83. The van der Waals surface area contributed by atoms with Crippen molar-refractivity contribution in [3.8, 4) is 16.5 Å². The van der Waals surface area contributed by atoms with Gasteiger partial charge in [-0.3, -0.25) is 13.9 Å². The number of nitriles is 1. The van der Waals surface area contributed by atoms with Crippen molar-refractivity contribution >= 4 is 38.7 Å². The minimum absolute atomic E-state index is 0.202. The summed E-state index contributed by atoms with van der Waals surface area (Å²) in [4.78, 5) is 16.7. The van der Waals surface area contributed by atoms with Crippen molar-refractivity contribution < 1.29 is 13.9 Å². The van der Waals surface area contributed by atoms with Gasteiger partial charge in [0.1, 0.15) is 10.9 Å². The van der Waals surface area contributed by atoms with Crippen LogP contribution in [0.15, 0.2) is 30.5 Å². The summed E-state index contributed by atoms with van der Waals surface area (Å²) in [5.74, 6) is 0.504. The lowest BCUT2D eigenvalue weighted by molar-refractivity contribution is 0.100. The van der Waals surface area contributed by atoms with Crippen LogP contribution in [-0.4, -0.2) is 31.5 Å². The second-order valence-electron chi connectivity index (χ2n) is 6.82. The number of hydrogen-bond donors (Lipinski definition) is 4. The van der Waals surface area contributed by atoms with E-state index in [0.29, 0.717) is 40.3 Å². The van der Waals surface area contributed by atoms with E-state index in [-0.39, 0.29) is 5.92 Å². The number of carbonyl (C=O) groups excluding carboxylic acids is 1. The summed E-state index contributed by atoms with van der Waals surface area (Å²) >= 11 is 1.37. The predicted octanol–water partition coefficient (Wildman–Crippen LogP) is 4.49. The Morgan fingerprint density at radius 3 is 2.67 bits per heavy atom. The molecule has 1 aromatic carbocycles. The number of nitrogens with zero attached hydrogens (tertiary/aromatic N) is 1. The van der Waals surface area contributed by atoms with Crippen LogP contribution in [0.25, 0.3) is 21.3 Å². The number of H-pyrrole nitrogens is 1. The number of benzene rings is 1. The first-order valence-corrected chi connectivity index (χ1v) is 11.3. The quantitative estimate of drug-likeness (QED) is 0.516. The highest BCUT2D eigenvalue weighted by atomic mass is 32.3. The summed E-state index contributed by atoms with van der Waals surface area (Å²) < 4.78 is 19.8. The SMILES string of the molecule is N#Cc1ccc(-c2cc(C(N)=O)c3[nH]cc(C4CCS(O)(O)CC4)c3c2)s1. The zero-order valence-corrected chi connectivity index (χ0v) is 16.1. The van der Waals surface area contributed by atoms with E-state index in [1.165, 1.54) is 11.3 Å². The van der Waals surface area contributed by atoms with Crippen molar-refractivity contribution in [3.05, 3.63) is 46.5 Å². The van der Waals surface area contributed by atoms with E-state index in [2.05, 4.69) is 11.1 Å². The van der Waals surface area contributed by atoms with Gasteiger partial charge in [-0.05, 0) is 54.2 Å². The fourth-order valence-electron chi connectivity index (χ4n) is 3.70. The van der Waals surface area contributed by atoms with Gasteiger partial charge in [0.05, 0.1) is 11.1 Å². The molecule has 1 aliphatic heterocycles. The summed E-state index contributed by atoms with van der Waals surface area (Å²) in [6.07, 6.45) is 3.30. The van der Waals surface area contributed by atoms with Crippen molar-refractivity contribution in [3.63, 3.8) is 0 Å². The second kappa shape index (κ2) is 6.69. The number of thiophene rings is 1. The van der Waals surface area contributed by atoms with Gasteiger partial charge in [0.25, 0.3) is 5.91 Å². The van der Waals surface area contributed by atoms with Gasteiger partial charge in [0.2, 0.25) is 0 Å². The molecule has 5 N–H and O–H groups in total. The predicted molar refractivity (Wildman–Crippen MR) is 109 cm³/mol. The summed E-state index contributed by atoms with van der Waals surface area (Å²) in [6, 6.07) is 9.55. The molecule has 1 fully saturated rings. The third-order valence-corrected chi connectivity index (χ3v) is 7.93. The van der Waals surface area contributed by atoms with Crippen LogP contribution in [0.1, 0.15) is 39.6 Å². The molecule has 1 amide bonds. The van der Waals surface area contributed by atoms with Gasteiger partial charge < -0.3 is 10.7 Å². The van der Waals surface area contributed by atoms with E-state index in [1.807, 2.05) is 18.3 Å². The summed E-state index contributed by atoms with van der Waals surface area (Å²) in [6.45, 7) is 0. The third kappa shape index (κ3) is 3.35. The van der Waals surface area contributed by atoms with Crippen molar-refractivity contribution in [1.29, 1.82) is 5.26 Å². The molecule has 0 radical (unpaired) electrons.